The van der Waals surface area contributed by atoms with Crippen molar-refractivity contribution < 1.29 is 28.9 Å². The largest absolute Gasteiger partial charge is 0.485 e. The topological polar surface area (TPSA) is 94.7 Å². The smallest absolute Gasteiger partial charge is 0.143 e. The van der Waals surface area contributed by atoms with Crippen LogP contribution in [0, 0.1) is 43.2 Å². The van der Waals surface area contributed by atoms with Crippen molar-refractivity contribution in [2.75, 3.05) is 32.7 Å². The summed E-state index contributed by atoms with van der Waals surface area (Å²) in [5.41, 5.74) is 6.52. The third-order valence-electron chi connectivity index (χ3n) is 9.84. The van der Waals surface area contributed by atoms with Crippen molar-refractivity contribution in [1.29, 1.82) is 0 Å². The monoisotopic (exact) mass is 981 g/mol. The fourth-order valence-electron chi connectivity index (χ4n) is 7.18. The Labute approximate surface area is 363 Å². The second kappa shape index (κ2) is 17.4. The van der Waals surface area contributed by atoms with E-state index >= 15 is 0 Å². The summed E-state index contributed by atoms with van der Waals surface area (Å²) >= 11 is 0. The average Bonchev–Trinajstić information content (AvgIpc) is 3.93. The minimum absolute atomic E-state index is 0. The van der Waals surface area contributed by atoms with E-state index in [-0.39, 0.29) is 42.6 Å². The quantitative estimate of drug-likeness (QED) is 0.108. The third-order valence-corrected chi connectivity index (χ3v) is 9.84. The predicted octanol–water partition coefficient (Wildman–Crippen LogP) is 9.57. The maximum absolute atomic E-state index is 13.4. The molecule has 14 heteroatoms. The van der Waals surface area contributed by atoms with E-state index in [0.717, 1.165) is 60.2 Å². The summed E-state index contributed by atoms with van der Waals surface area (Å²) in [5, 5.41) is 0. The number of halogens is 2. The molecule has 3 aromatic carbocycles. The second-order valence-corrected chi connectivity index (χ2v) is 16.3. The molecule has 1 radical (unpaired) electrons. The fourth-order valence-corrected chi connectivity index (χ4v) is 7.18. The van der Waals surface area contributed by atoms with E-state index in [9.17, 15) is 8.78 Å². The van der Waals surface area contributed by atoms with E-state index in [2.05, 4.69) is 89.1 Å². The minimum Gasteiger partial charge on any atom is -0.485 e. The molecule has 4 aromatic heterocycles. The standard InChI is InChI=1S/C26H20F2N8.C20H24N3.Ir/c27-19-3-7-21(8-4-19)35-17-33(23-25(35)31-13-11-29-23)15-1-2-16-34-18-36(22-9-5-20(28)6-10-22)26-24(34)30-12-14-32-26;1-19(2,3)16-17(20(4,5)6)23-13-12-21-15(18(23)22-16)14-10-8-7-9-11-14;/h3-7,9,11-14,17-18H,1-2,15-16H2;7-10,12-13H,1-6H3;/q-4;-1;. The first kappa shape index (κ1) is 42.3. The SMILES string of the molecule is CC(C)(C)c1nc2c(-c3[c-]cccc3)nccn2c1C(C)(C)C.Fc1c[c-]c(N2[CH-]N(CCCCN3[CH-]N(c4[c-]cc(F)cc4)c4nccnc43)c3nccnc32)cc1.[Ir]. The van der Waals surface area contributed by atoms with Gasteiger partial charge in [-0.1, -0.05) is 41.5 Å². The first-order valence-corrected chi connectivity index (χ1v) is 19.5. The molecule has 0 fully saturated rings. The van der Waals surface area contributed by atoms with Crippen molar-refractivity contribution >= 4 is 40.3 Å². The predicted molar refractivity (Wildman–Crippen MR) is 226 cm³/mol. The fraction of sp³-hybridized carbons (Fsp3) is 0.261. The molecule has 0 aliphatic carbocycles. The van der Waals surface area contributed by atoms with Crippen LogP contribution >= 0.6 is 0 Å². The van der Waals surface area contributed by atoms with E-state index in [1.54, 1.807) is 36.9 Å². The zero-order chi connectivity index (χ0) is 41.3. The molecule has 0 N–H and O–H groups in total. The van der Waals surface area contributed by atoms with Gasteiger partial charge in [-0.05, 0) is 25.9 Å². The van der Waals surface area contributed by atoms with Gasteiger partial charge in [0.1, 0.15) is 28.9 Å². The molecule has 2 aliphatic heterocycles. The number of aromatic nitrogens is 7. The molecular weight excluding hydrogens is 937 g/mol. The van der Waals surface area contributed by atoms with Crippen molar-refractivity contribution in [3.05, 3.63) is 152 Å². The van der Waals surface area contributed by atoms with Crippen molar-refractivity contribution in [3.63, 3.8) is 0 Å². The number of nitrogens with zero attached hydrogens (tertiary/aromatic N) is 11. The summed E-state index contributed by atoms with van der Waals surface area (Å²) in [6.45, 7) is 18.6. The Balaban J connectivity index is 0.000000197. The Morgan fingerprint density at radius 1 is 0.617 bits per heavy atom. The van der Waals surface area contributed by atoms with Crippen LogP contribution in [-0.2, 0) is 30.9 Å². The number of anilines is 6. The van der Waals surface area contributed by atoms with Gasteiger partial charge in [-0.15, -0.1) is 97.0 Å². The number of benzene rings is 3. The van der Waals surface area contributed by atoms with Crippen LogP contribution in [0.25, 0.3) is 16.9 Å². The number of fused-ring (bicyclic) bond motifs is 3. The molecule has 2 aliphatic rings. The van der Waals surface area contributed by atoms with Crippen LogP contribution in [0.15, 0.2) is 97.8 Å². The molecule has 0 unspecified atom stereocenters. The molecule has 9 rings (SSSR count). The third kappa shape index (κ3) is 8.71. The van der Waals surface area contributed by atoms with Gasteiger partial charge >= 0.3 is 0 Å². The van der Waals surface area contributed by atoms with Gasteiger partial charge in [-0.2, -0.15) is 12.1 Å². The molecule has 311 valence electrons. The van der Waals surface area contributed by atoms with E-state index < -0.39 is 0 Å². The van der Waals surface area contributed by atoms with Crippen molar-refractivity contribution in [1.82, 2.24) is 34.3 Å². The molecular formula is C46H44F2IrN11-5. The van der Waals surface area contributed by atoms with Crippen LogP contribution in [-0.4, -0.2) is 47.4 Å². The average molecular weight is 981 g/mol. The summed E-state index contributed by atoms with van der Waals surface area (Å²) in [7, 11) is 0. The maximum atomic E-state index is 13.4. The van der Waals surface area contributed by atoms with Gasteiger partial charge in [0, 0.05) is 85.4 Å². The first-order valence-electron chi connectivity index (χ1n) is 19.5. The van der Waals surface area contributed by atoms with Gasteiger partial charge in [0.2, 0.25) is 0 Å². The second-order valence-electron chi connectivity index (χ2n) is 16.3. The normalized spacial score (nSPS) is 13.5. The van der Waals surface area contributed by atoms with Crippen molar-refractivity contribution in [2.24, 2.45) is 0 Å². The molecule has 0 saturated carbocycles. The molecule has 0 saturated heterocycles. The molecule has 0 amide bonds. The van der Waals surface area contributed by atoms with Gasteiger partial charge in [0.15, 0.2) is 0 Å². The zero-order valence-corrected chi connectivity index (χ0v) is 36.6. The van der Waals surface area contributed by atoms with Gasteiger partial charge < -0.3 is 24.0 Å². The number of rotatable bonds is 8. The van der Waals surface area contributed by atoms with Crippen molar-refractivity contribution in [3.8, 4) is 11.3 Å². The summed E-state index contributed by atoms with van der Waals surface area (Å²) < 4.78 is 29.0. The van der Waals surface area contributed by atoms with E-state index in [0.29, 0.717) is 23.0 Å². The van der Waals surface area contributed by atoms with E-state index in [4.69, 9.17) is 4.98 Å². The Hall–Kier alpha value is -5.85. The van der Waals surface area contributed by atoms with E-state index in [1.807, 2.05) is 69.6 Å². The zero-order valence-electron chi connectivity index (χ0n) is 34.2. The Bertz CT molecular complexity index is 2430. The first-order chi connectivity index (χ1) is 28.4. The Kier molecular flexibility index (Phi) is 12.3. The van der Waals surface area contributed by atoms with Crippen LogP contribution in [0.3, 0.4) is 0 Å². The Morgan fingerprint density at radius 2 is 1.15 bits per heavy atom. The van der Waals surface area contributed by atoms with Crippen LogP contribution in [0.1, 0.15) is 65.8 Å². The van der Waals surface area contributed by atoms with Gasteiger partial charge in [-0.25, -0.2) is 24.9 Å². The van der Waals surface area contributed by atoms with Crippen LogP contribution in [0.5, 0.6) is 0 Å². The summed E-state index contributed by atoms with van der Waals surface area (Å²) in [4.78, 5) is 35.3. The van der Waals surface area contributed by atoms with Crippen LogP contribution in [0.2, 0.25) is 0 Å². The summed E-state index contributed by atoms with van der Waals surface area (Å²) in [6, 6.07) is 25.8. The van der Waals surface area contributed by atoms with Gasteiger partial charge in [0.25, 0.3) is 0 Å². The molecule has 0 bridgehead atoms. The molecule has 0 atom stereocenters. The summed E-state index contributed by atoms with van der Waals surface area (Å²) in [6.07, 6.45) is 12.2. The van der Waals surface area contributed by atoms with Crippen LogP contribution < -0.4 is 19.6 Å². The molecule has 6 heterocycles. The number of hydrogen-bond donors (Lipinski definition) is 0. The molecule has 11 nitrogen and oxygen atoms in total. The maximum Gasteiger partial charge on any atom is 0.143 e. The Morgan fingerprint density at radius 3 is 1.60 bits per heavy atom. The molecule has 60 heavy (non-hydrogen) atoms. The minimum atomic E-state index is -0.338. The number of hydrogen-bond acceptors (Lipinski definition) is 10. The number of unbranched alkanes of at least 4 members (excludes halogenated alkanes) is 1. The molecule has 7 aromatic rings. The van der Waals surface area contributed by atoms with Gasteiger partial charge in [-0.3, -0.25) is 13.8 Å². The summed E-state index contributed by atoms with van der Waals surface area (Å²) in [5.74, 6) is 2.19. The van der Waals surface area contributed by atoms with Crippen LogP contribution in [0.4, 0.5) is 43.4 Å². The number of imidazole rings is 1. The molecule has 0 spiro atoms. The van der Waals surface area contributed by atoms with Crippen molar-refractivity contribution in [2.45, 2.75) is 65.2 Å². The van der Waals surface area contributed by atoms with Gasteiger partial charge in [0.05, 0.1) is 11.4 Å². The van der Waals surface area contributed by atoms with E-state index in [1.165, 1.54) is 30.0 Å².